The zero-order chi connectivity index (χ0) is 18.9. The third-order valence-electron chi connectivity index (χ3n) is 5.16. The number of piperazine rings is 1. The second-order valence-corrected chi connectivity index (χ2v) is 9.80. The fourth-order valence-electron chi connectivity index (χ4n) is 3.75. The van der Waals surface area contributed by atoms with Gasteiger partial charge in [0.15, 0.2) is 16.4 Å². The minimum Gasteiger partial charge on any atom is -0.483 e. The molecule has 1 atom stereocenters. The van der Waals surface area contributed by atoms with Crippen molar-refractivity contribution in [2.75, 3.05) is 44.3 Å². The Morgan fingerprint density at radius 1 is 1.19 bits per heavy atom. The summed E-state index contributed by atoms with van der Waals surface area (Å²) in [5.74, 6) is 1.19. The van der Waals surface area contributed by atoms with Crippen LogP contribution < -0.4 is 4.74 Å². The zero-order valence-electron chi connectivity index (χ0n) is 15.2. The lowest BCUT2D eigenvalue weighted by atomic mass is 10.1. The highest BCUT2D eigenvalue weighted by molar-refractivity contribution is 7.91. The van der Waals surface area contributed by atoms with Crippen molar-refractivity contribution in [3.63, 3.8) is 0 Å². The van der Waals surface area contributed by atoms with Gasteiger partial charge < -0.3 is 9.64 Å². The van der Waals surface area contributed by atoms with E-state index in [4.69, 9.17) is 16.3 Å². The molecule has 144 valence electrons. The molecule has 3 rings (SSSR count). The largest absolute Gasteiger partial charge is 0.483 e. The molecule has 2 saturated heterocycles. The van der Waals surface area contributed by atoms with Crippen LogP contribution in [0.4, 0.5) is 0 Å². The van der Waals surface area contributed by atoms with E-state index in [0.717, 1.165) is 11.1 Å². The lowest BCUT2D eigenvalue weighted by Crippen LogP contribution is -2.53. The summed E-state index contributed by atoms with van der Waals surface area (Å²) in [5, 5.41) is 0.656. The topological polar surface area (TPSA) is 66.9 Å². The fraction of sp³-hybridized carbons (Fsp3) is 0.611. The van der Waals surface area contributed by atoms with Crippen molar-refractivity contribution in [3.8, 4) is 5.75 Å². The van der Waals surface area contributed by atoms with Crippen LogP contribution in [0.5, 0.6) is 5.75 Å². The van der Waals surface area contributed by atoms with Gasteiger partial charge in [-0.05, 0) is 43.5 Å². The van der Waals surface area contributed by atoms with Crippen LogP contribution in [0.15, 0.2) is 12.1 Å². The quantitative estimate of drug-likeness (QED) is 0.769. The third kappa shape index (κ3) is 4.50. The van der Waals surface area contributed by atoms with E-state index < -0.39 is 9.84 Å². The molecule has 0 saturated carbocycles. The second-order valence-electron chi connectivity index (χ2n) is 7.13. The van der Waals surface area contributed by atoms with Crippen molar-refractivity contribution in [3.05, 3.63) is 28.3 Å². The van der Waals surface area contributed by atoms with Crippen molar-refractivity contribution in [1.82, 2.24) is 9.80 Å². The Balaban J connectivity index is 1.50. The van der Waals surface area contributed by atoms with Crippen LogP contribution in [0.1, 0.15) is 17.5 Å². The minimum absolute atomic E-state index is 0.00111. The summed E-state index contributed by atoms with van der Waals surface area (Å²) < 4.78 is 29.0. The van der Waals surface area contributed by atoms with Gasteiger partial charge in [-0.1, -0.05) is 11.6 Å². The predicted molar refractivity (Wildman–Crippen MR) is 102 cm³/mol. The van der Waals surface area contributed by atoms with Crippen LogP contribution in [-0.4, -0.2) is 74.5 Å². The summed E-state index contributed by atoms with van der Waals surface area (Å²) >= 11 is 6.02. The number of halogens is 1. The Morgan fingerprint density at radius 2 is 1.81 bits per heavy atom. The first-order chi connectivity index (χ1) is 12.2. The van der Waals surface area contributed by atoms with Crippen molar-refractivity contribution < 1.29 is 17.9 Å². The van der Waals surface area contributed by atoms with Gasteiger partial charge in [0.2, 0.25) is 0 Å². The molecule has 0 aliphatic carbocycles. The molecule has 0 spiro atoms. The molecule has 1 amide bonds. The van der Waals surface area contributed by atoms with Crippen LogP contribution in [0.2, 0.25) is 5.02 Å². The van der Waals surface area contributed by atoms with Gasteiger partial charge in [0.1, 0.15) is 5.75 Å². The number of rotatable bonds is 4. The van der Waals surface area contributed by atoms with Gasteiger partial charge in [-0.15, -0.1) is 0 Å². The van der Waals surface area contributed by atoms with Crippen molar-refractivity contribution in [2.45, 2.75) is 26.3 Å². The SMILES string of the molecule is Cc1cc(Cl)cc(C)c1OCC(=O)N1CCN([C@H]2CCS(=O)(=O)C2)CC1. The number of sulfone groups is 1. The minimum atomic E-state index is -2.88. The van der Waals surface area contributed by atoms with Crippen molar-refractivity contribution in [1.29, 1.82) is 0 Å². The molecule has 2 aliphatic heterocycles. The molecule has 0 N–H and O–H groups in total. The molecular weight excluding hydrogens is 376 g/mol. The van der Waals surface area contributed by atoms with Gasteiger partial charge in [-0.2, -0.15) is 0 Å². The summed E-state index contributed by atoms with van der Waals surface area (Å²) in [6.07, 6.45) is 0.703. The first kappa shape index (κ1) is 19.5. The number of benzene rings is 1. The van der Waals surface area contributed by atoms with E-state index in [9.17, 15) is 13.2 Å². The maximum atomic E-state index is 12.5. The highest BCUT2D eigenvalue weighted by atomic mass is 35.5. The Kier molecular flexibility index (Phi) is 5.79. The molecule has 2 aliphatic rings. The number of hydrogen-bond acceptors (Lipinski definition) is 5. The maximum Gasteiger partial charge on any atom is 0.260 e. The summed E-state index contributed by atoms with van der Waals surface area (Å²) in [4.78, 5) is 16.4. The number of amides is 1. The Morgan fingerprint density at radius 3 is 2.35 bits per heavy atom. The normalized spacial score (nSPS) is 23.2. The lowest BCUT2D eigenvalue weighted by molar-refractivity contribution is -0.135. The second kappa shape index (κ2) is 7.74. The van der Waals surface area contributed by atoms with Crippen LogP contribution in [0, 0.1) is 13.8 Å². The monoisotopic (exact) mass is 400 g/mol. The van der Waals surface area contributed by atoms with Crippen LogP contribution in [-0.2, 0) is 14.6 Å². The highest BCUT2D eigenvalue weighted by Gasteiger charge is 2.34. The zero-order valence-corrected chi connectivity index (χ0v) is 16.8. The van der Waals surface area contributed by atoms with E-state index in [-0.39, 0.29) is 30.1 Å². The van der Waals surface area contributed by atoms with E-state index in [2.05, 4.69) is 4.90 Å². The predicted octanol–water partition coefficient (Wildman–Crippen LogP) is 1.67. The molecule has 1 aromatic rings. The molecule has 0 radical (unpaired) electrons. The molecule has 0 unspecified atom stereocenters. The number of ether oxygens (including phenoxy) is 1. The van der Waals surface area contributed by atoms with E-state index >= 15 is 0 Å². The summed E-state index contributed by atoms with van der Waals surface area (Å²) in [5.41, 5.74) is 1.82. The van der Waals surface area contributed by atoms with Crippen LogP contribution in [0.25, 0.3) is 0 Å². The van der Waals surface area contributed by atoms with Gasteiger partial charge in [-0.3, -0.25) is 9.69 Å². The third-order valence-corrected chi connectivity index (χ3v) is 7.13. The van der Waals surface area contributed by atoms with Gasteiger partial charge in [-0.25, -0.2) is 8.42 Å². The smallest absolute Gasteiger partial charge is 0.260 e. The first-order valence-electron chi connectivity index (χ1n) is 8.87. The molecule has 0 aromatic heterocycles. The number of carbonyl (C=O) groups excluding carboxylic acids is 1. The average Bonchev–Trinajstić information content (AvgIpc) is 2.94. The first-order valence-corrected chi connectivity index (χ1v) is 11.1. The molecule has 2 fully saturated rings. The lowest BCUT2D eigenvalue weighted by Gasteiger charge is -2.37. The van der Waals surface area contributed by atoms with E-state index in [1.807, 2.05) is 26.0 Å². The number of carbonyl (C=O) groups is 1. The Labute approximate surface area is 160 Å². The highest BCUT2D eigenvalue weighted by Crippen LogP contribution is 2.27. The summed E-state index contributed by atoms with van der Waals surface area (Å²) in [6, 6.07) is 3.75. The molecule has 8 heteroatoms. The van der Waals surface area contributed by atoms with Gasteiger partial charge in [0, 0.05) is 37.2 Å². The Bertz CT molecular complexity index is 765. The van der Waals surface area contributed by atoms with Gasteiger partial charge >= 0.3 is 0 Å². The maximum absolute atomic E-state index is 12.5. The number of nitrogens with zero attached hydrogens (tertiary/aromatic N) is 2. The summed E-state index contributed by atoms with van der Waals surface area (Å²) in [7, 11) is -2.88. The van der Waals surface area contributed by atoms with E-state index in [0.29, 0.717) is 43.4 Å². The molecule has 6 nitrogen and oxygen atoms in total. The van der Waals surface area contributed by atoms with Crippen LogP contribution >= 0.6 is 11.6 Å². The number of aryl methyl sites for hydroxylation is 2. The van der Waals surface area contributed by atoms with E-state index in [1.165, 1.54) is 0 Å². The standard InChI is InChI=1S/C18H25ClN2O4S/c1-13-9-15(19)10-14(2)18(13)25-11-17(22)21-6-4-20(5-7-21)16-3-8-26(23,24)12-16/h9-10,16H,3-8,11-12H2,1-2H3/t16-/m0/s1. The fourth-order valence-corrected chi connectivity index (χ4v) is 5.84. The molecular formula is C18H25ClN2O4S. The molecule has 26 heavy (non-hydrogen) atoms. The summed E-state index contributed by atoms with van der Waals surface area (Å²) in [6.45, 7) is 6.46. The van der Waals surface area contributed by atoms with E-state index in [1.54, 1.807) is 4.90 Å². The molecule has 2 heterocycles. The molecule has 1 aromatic carbocycles. The van der Waals surface area contributed by atoms with Crippen molar-refractivity contribution in [2.24, 2.45) is 0 Å². The van der Waals surface area contributed by atoms with Gasteiger partial charge in [0.05, 0.1) is 11.5 Å². The van der Waals surface area contributed by atoms with Crippen molar-refractivity contribution >= 4 is 27.3 Å². The van der Waals surface area contributed by atoms with Gasteiger partial charge in [0.25, 0.3) is 5.91 Å². The number of hydrogen-bond donors (Lipinski definition) is 0. The van der Waals surface area contributed by atoms with Crippen LogP contribution in [0.3, 0.4) is 0 Å². The average molecular weight is 401 g/mol. The Hall–Kier alpha value is -1.31. The molecule has 0 bridgehead atoms.